The molecule has 47 heavy (non-hydrogen) atoms. The zero-order valence-corrected chi connectivity index (χ0v) is 27.2. The molecule has 0 aromatic heterocycles. The second-order valence-corrected chi connectivity index (χ2v) is 11.1. The fraction of sp³-hybridized carbons (Fsp3) is 0.371. The summed E-state index contributed by atoms with van der Waals surface area (Å²) in [7, 11) is 7.87. The van der Waals surface area contributed by atoms with Crippen LogP contribution in [0.4, 0.5) is 5.69 Å². The Balaban J connectivity index is 1.22. The van der Waals surface area contributed by atoms with Gasteiger partial charge in [0.25, 0.3) is 5.91 Å². The van der Waals surface area contributed by atoms with Crippen LogP contribution in [-0.4, -0.2) is 78.4 Å². The molecule has 1 unspecified atom stereocenters. The van der Waals surface area contributed by atoms with Gasteiger partial charge >= 0.3 is 0 Å². The molecule has 6 rings (SSSR count). The van der Waals surface area contributed by atoms with Gasteiger partial charge in [-0.25, -0.2) is 0 Å². The predicted octanol–water partition coefficient (Wildman–Crippen LogP) is 5.65. The Hall–Kier alpha value is -5.10. The third kappa shape index (κ3) is 6.20. The summed E-state index contributed by atoms with van der Waals surface area (Å²) in [6, 6.07) is 11.1. The molecule has 3 aliphatic heterocycles. The van der Waals surface area contributed by atoms with E-state index in [0.29, 0.717) is 71.1 Å². The number of carbonyl (C=O) groups excluding carboxylic acids is 1. The summed E-state index contributed by atoms with van der Waals surface area (Å²) in [5.41, 5.74) is 6.17. The van der Waals surface area contributed by atoms with Crippen molar-refractivity contribution in [3.63, 3.8) is 0 Å². The van der Waals surface area contributed by atoms with Crippen LogP contribution in [0.15, 0.2) is 53.7 Å². The highest BCUT2D eigenvalue weighted by atomic mass is 16.7. The van der Waals surface area contributed by atoms with Gasteiger partial charge in [-0.15, -0.1) is 0 Å². The Bertz CT molecular complexity index is 1690. The lowest BCUT2D eigenvalue weighted by molar-refractivity contribution is 0.0468. The van der Waals surface area contributed by atoms with E-state index in [1.807, 2.05) is 41.5 Å². The van der Waals surface area contributed by atoms with Gasteiger partial charge < -0.3 is 38.1 Å². The molecule has 0 spiro atoms. The highest BCUT2D eigenvalue weighted by Gasteiger charge is 2.32. The van der Waals surface area contributed by atoms with Crippen LogP contribution < -0.4 is 38.6 Å². The van der Waals surface area contributed by atoms with E-state index in [2.05, 4.69) is 10.5 Å². The number of carbonyl (C=O) groups is 1. The van der Waals surface area contributed by atoms with E-state index in [1.54, 1.807) is 53.9 Å². The average molecular weight is 646 g/mol. The van der Waals surface area contributed by atoms with Crippen LogP contribution in [-0.2, 0) is 4.84 Å². The number of nitrogens with one attached hydrogen (secondary N) is 1. The minimum absolute atomic E-state index is 0.0266. The molecule has 1 N–H and O–H groups in total. The van der Waals surface area contributed by atoms with Crippen molar-refractivity contribution in [3.05, 3.63) is 59.8 Å². The maximum Gasteiger partial charge on any atom is 0.256 e. The van der Waals surface area contributed by atoms with Gasteiger partial charge in [-0.05, 0) is 54.8 Å². The third-order valence-electron chi connectivity index (χ3n) is 8.40. The Morgan fingerprint density at radius 3 is 2.28 bits per heavy atom. The number of hydrogen-bond acceptors (Lipinski definition) is 11. The lowest BCUT2D eigenvalue weighted by Gasteiger charge is -2.21. The van der Waals surface area contributed by atoms with E-state index in [1.165, 1.54) is 0 Å². The van der Waals surface area contributed by atoms with Crippen LogP contribution in [0.2, 0.25) is 0 Å². The first kappa shape index (κ1) is 31.9. The number of fused-ring (bicyclic) bond motifs is 2. The van der Waals surface area contributed by atoms with Crippen LogP contribution >= 0.6 is 0 Å². The van der Waals surface area contributed by atoms with Crippen molar-refractivity contribution < 1.29 is 42.8 Å². The zero-order chi connectivity index (χ0) is 32.9. The number of ether oxygens (including phenoxy) is 7. The molecule has 3 aromatic rings. The van der Waals surface area contributed by atoms with Crippen LogP contribution in [0, 0.1) is 0 Å². The second kappa shape index (κ2) is 14.1. The smallest absolute Gasteiger partial charge is 0.256 e. The SMILES string of the molecule is COc1cc2c(cc1OCCCOc1cc([C@@H]3C=CNO3)cc(-c3ccc(OC)c(OC)c3OC)c1OC)N=CC1CCCN1C2=O. The lowest BCUT2D eigenvalue weighted by atomic mass is 9.97. The van der Waals surface area contributed by atoms with E-state index < -0.39 is 0 Å². The first-order valence-corrected chi connectivity index (χ1v) is 15.4. The fourth-order valence-electron chi connectivity index (χ4n) is 6.12. The Labute approximate surface area is 273 Å². The zero-order valence-electron chi connectivity index (χ0n) is 27.2. The summed E-state index contributed by atoms with van der Waals surface area (Å²) in [5.74, 6) is 3.49. The molecule has 0 bridgehead atoms. The number of hydroxylamine groups is 1. The number of hydrogen-bond donors (Lipinski definition) is 1. The first-order valence-electron chi connectivity index (χ1n) is 15.4. The lowest BCUT2D eigenvalue weighted by Crippen LogP contribution is -2.35. The van der Waals surface area contributed by atoms with Crippen LogP contribution in [0.25, 0.3) is 11.1 Å². The summed E-state index contributed by atoms with van der Waals surface area (Å²) in [5, 5.41) is 0. The molecule has 1 saturated heterocycles. The summed E-state index contributed by atoms with van der Waals surface area (Å²) in [4.78, 5) is 25.4. The number of aliphatic imine (C=N–C) groups is 1. The van der Waals surface area contributed by atoms with E-state index in [9.17, 15) is 4.79 Å². The second-order valence-electron chi connectivity index (χ2n) is 11.1. The van der Waals surface area contributed by atoms with Crippen LogP contribution in [0.3, 0.4) is 0 Å². The van der Waals surface area contributed by atoms with Gasteiger partial charge in [0.05, 0.1) is 66.1 Å². The molecule has 0 radical (unpaired) electrons. The van der Waals surface area contributed by atoms with E-state index in [-0.39, 0.29) is 18.1 Å². The quantitative estimate of drug-likeness (QED) is 0.234. The number of methoxy groups -OCH3 is 5. The van der Waals surface area contributed by atoms with Crippen molar-refractivity contribution in [2.75, 3.05) is 55.3 Å². The molecule has 0 saturated carbocycles. The Kier molecular flexibility index (Phi) is 9.58. The summed E-state index contributed by atoms with van der Waals surface area (Å²) in [6.07, 6.45) is 7.60. The van der Waals surface area contributed by atoms with E-state index in [0.717, 1.165) is 36.1 Å². The fourth-order valence-corrected chi connectivity index (χ4v) is 6.12. The number of benzene rings is 3. The molecular weight excluding hydrogens is 606 g/mol. The maximum atomic E-state index is 13.2. The molecule has 1 amide bonds. The van der Waals surface area contributed by atoms with E-state index in [4.69, 9.17) is 38.0 Å². The molecule has 3 heterocycles. The highest BCUT2D eigenvalue weighted by molar-refractivity contribution is 6.03. The number of nitrogens with zero attached hydrogens (tertiary/aromatic N) is 2. The molecule has 248 valence electrons. The molecule has 12 nitrogen and oxygen atoms in total. The van der Waals surface area contributed by atoms with Crippen molar-refractivity contribution in [2.24, 2.45) is 4.99 Å². The predicted molar refractivity (Wildman–Crippen MR) is 175 cm³/mol. The molecule has 2 atom stereocenters. The third-order valence-corrected chi connectivity index (χ3v) is 8.40. The van der Waals surface area contributed by atoms with Crippen molar-refractivity contribution in [1.29, 1.82) is 0 Å². The van der Waals surface area contributed by atoms with Crippen molar-refractivity contribution in [2.45, 2.75) is 31.4 Å². The van der Waals surface area contributed by atoms with Gasteiger partial charge in [0.2, 0.25) is 5.75 Å². The Morgan fingerprint density at radius 2 is 1.57 bits per heavy atom. The normalized spacial score (nSPS) is 17.8. The standard InChI is InChI=1S/C35H39N3O9/c1-40-28-10-9-23(33(43-4)34(28)44-5)24-16-21(27-11-12-37-47-27)17-31(32(24)42-3)46-15-7-14-45-30-19-26-25(18-29(30)41-2)35(39)38-13-6-8-22(38)20-36-26/h9-12,16-20,22,27,37H,6-8,13-15H2,1-5H3/t22?,27-/m0/s1. The monoisotopic (exact) mass is 645 g/mol. The van der Waals surface area contributed by atoms with Gasteiger partial charge in [-0.1, -0.05) is 0 Å². The number of amides is 1. The summed E-state index contributed by atoms with van der Waals surface area (Å²) in [6.45, 7) is 1.38. The molecule has 0 aliphatic carbocycles. The minimum atomic E-state index is -0.344. The van der Waals surface area contributed by atoms with Crippen molar-refractivity contribution in [1.82, 2.24) is 10.4 Å². The van der Waals surface area contributed by atoms with Crippen molar-refractivity contribution >= 4 is 17.8 Å². The maximum absolute atomic E-state index is 13.2. The van der Waals surface area contributed by atoms with Crippen LogP contribution in [0.5, 0.6) is 40.2 Å². The van der Waals surface area contributed by atoms with Gasteiger partial charge in [-0.3, -0.25) is 20.1 Å². The van der Waals surface area contributed by atoms with Gasteiger partial charge in [0.1, 0.15) is 6.10 Å². The van der Waals surface area contributed by atoms with Crippen molar-refractivity contribution in [3.8, 4) is 51.4 Å². The molecule has 12 heteroatoms. The molecule has 3 aromatic carbocycles. The number of rotatable bonds is 13. The Morgan fingerprint density at radius 1 is 0.809 bits per heavy atom. The highest BCUT2D eigenvalue weighted by Crippen LogP contribution is 2.50. The average Bonchev–Trinajstić information content (AvgIpc) is 3.80. The summed E-state index contributed by atoms with van der Waals surface area (Å²) < 4.78 is 40.9. The summed E-state index contributed by atoms with van der Waals surface area (Å²) >= 11 is 0. The van der Waals surface area contributed by atoms with Crippen LogP contribution in [0.1, 0.15) is 41.3 Å². The van der Waals surface area contributed by atoms with Gasteiger partial charge in [0.15, 0.2) is 34.5 Å². The van der Waals surface area contributed by atoms with Gasteiger partial charge in [-0.2, -0.15) is 0 Å². The largest absolute Gasteiger partial charge is 0.493 e. The molecule has 3 aliphatic rings. The minimum Gasteiger partial charge on any atom is -0.493 e. The molecule has 1 fully saturated rings. The first-order chi connectivity index (χ1) is 23.0. The molecular formula is C35H39N3O9. The van der Waals surface area contributed by atoms with Gasteiger partial charge in [0, 0.05) is 42.6 Å². The topological polar surface area (TPSA) is 119 Å². The van der Waals surface area contributed by atoms with E-state index >= 15 is 0 Å².